The van der Waals surface area contributed by atoms with Gasteiger partial charge in [0.15, 0.2) is 0 Å². The summed E-state index contributed by atoms with van der Waals surface area (Å²) < 4.78 is 0. The lowest BCUT2D eigenvalue weighted by atomic mass is 9.93. The highest BCUT2D eigenvalue weighted by Gasteiger charge is 2.23. The third-order valence-electron chi connectivity index (χ3n) is 7.64. The van der Waals surface area contributed by atoms with Crippen molar-refractivity contribution < 1.29 is 14.4 Å². The maximum Gasteiger partial charge on any atom is 0.237 e. The molecule has 1 aliphatic rings. The Morgan fingerprint density at radius 1 is 0.811 bits per heavy atom. The number of Topliss-reactive ketones (excluding diaryl/α,β-unsaturated/α-hetero) is 1. The summed E-state index contributed by atoms with van der Waals surface area (Å²) in [7, 11) is 3.55. The van der Waals surface area contributed by atoms with Crippen LogP contribution in [0.25, 0.3) is 0 Å². The van der Waals surface area contributed by atoms with Crippen LogP contribution in [0.3, 0.4) is 0 Å². The van der Waals surface area contributed by atoms with Crippen molar-refractivity contribution in [3.05, 3.63) is 0 Å². The van der Waals surface area contributed by atoms with Crippen molar-refractivity contribution >= 4 is 17.6 Å². The summed E-state index contributed by atoms with van der Waals surface area (Å²) in [6.07, 6.45) is 21.4. The molecule has 216 valence electrons. The maximum absolute atomic E-state index is 12.9. The SMILES string of the molecule is CNCCCCC(CC(=O)CCC1NCCCCCCCCCCCCCCCCNC1=O)C(=O)NC. The van der Waals surface area contributed by atoms with E-state index in [0.717, 1.165) is 51.6 Å². The molecule has 37 heavy (non-hydrogen) atoms. The second-order valence-corrected chi connectivity index (χ2v) is 10.9. The maximum atomic E-state index is 12.9. The predicted molar refractivity (Wildman–Crippen MR) is 154 cm³/mol. The lowest BCUT2D eigenvalue weighted by Crippen LogP contribution is -2.45. The number of hydrogen-bond donors (Lipinski definition) is 4. The Labute approximate surface area is 227 Å². The molecule has 2 atom stereocenters. The van der Waals surface area contributed by atoms with Gasteiger partial charge in [-0.3, -0.25) is 14.4 Å². The number of unbranched alkanes of at least 4 members (excludes halogenated alkanes) is 1. The number of carbonyl (C=O) groups is 3. The quantitative estimate of drug-likeness (QED) is 0.285. The van der Waals surface area contributed by atoms with Crippen LogP contribution >= 0.6 is 0 Å². The van der Waals surface area contributed by atoms with Crippen molar-refractivity contribution in [1.29, 1.82) is 0 Å². The van der Waals surface area contributed by atoms with E-state index in [0.29, 0.717) is 19.4 Å². The summed E-state index contributed by atoms with van der Waals surface area (Å²) in [5.41, 5.74) is 0. The predicted octanol–water partition coefficient (Wildman–Crippen LogP) is 5.03. The molecule has 1 fully saturated rings. The minimum absolute atomic E-state index is 0.0112. The van der Waals surface area contributed by atoms with Crippen LogP contribution in [-0.4, -0.2) is 57.4 Å². The summed E-state index contributed by atoms with van der Waals surface area (Å²) in [6, 6.07) is -0.344. The summed E-state index contributed by atoms with van der Waals surface area (Å²) >= 11 is 0. The fraction of sp³-hybridized carbons (Fsp3) is 0.900. The van der Waals surface area contributed by atoms with Gasteiger partial charge in [-0.1, -0.05) is 83.5 Å². The molecule has 4 N–H and O–H groups in total. The highest BCUT2D eigenvalue weighted by atomic mass is 16.2. The van der Waals surface area contributed by atoms with E-state index in [9.17, 15) is 14.4 Å². The lowest BCUT2D eigenvalue weighted by Gasteiger charge is -2.19. The van der Waals surface area contributed by atoms with Crippen molar-refractivity contribution in [3.63, 3.8) is 0 Å². The molecular formula is C30H58N4O3. The molecule has 2 unspecified atom stereocenters. The zero-order valence-electron chi connectivity index (χ0n) is 24.1. The summed E-state index contributed by atoms with van der Waals surface area (Å²) in [5.74, 6) is -0.258. The molecule has 1 heterocycles. The fourth-order valence-corrected chi connectivity index (χ4v) is 5.21. The Morgan fingerprint density at radius 3 is 1.89 bits per heavy atom. The van der Waals surface area contributed by atoms with E-state index in [1.807, 2.05) is 7.05 Å². The van der Waals surface area contributed by atoms with Crippen LogP contribution in [0.5, 0.6) is 0 Å². The third-order valence-corrected chi connectivity index (χ3v) is 7.64. The second-order valence-electron chi connectivity index (χ2n) is 10.9. The molecule has 1 rings (SSSR count). The summed E-state index contributed by atoms with van der Waals surface area (Å²) in [5, 5.41) is 12.4. The lowest BCUT2D eigenvalue weighted by molar-refractivity contribution is -0.129. The molecule has 0 radical (unpaired) electrons. The first-order valence-corrected chi connectivity index (χ1v) is 15.5. The van der Waals surface area contributed by atoms with Crippen LogP contribution in [0, 0.1) is 5.92 Å². The molecule has 1 saturated heterocycles. The van der Waals surface area contributed by atoms with Crippen molar-refractivity contribution in [3.8, 4) is 0 Å². The first-order chi connectivity index (χ1) is 18.1. The molecule has 0 aromatic carbocycles. The van der Waals surface area contributed by atoms with Gasteiger partial charge in [0.25, 0.3) is 0 Å². The molecule has 7 heteroatoms. The van der Waals surface area contributed by atoms with E-state index in [1.54, 1.807) is 7.05 Å². The fourth-order valence-electron chi connectivity index (χ4n) is 5.21. The van der Waals surface area contributed by atoms with Gasteiger partial charge >= 0.3 is 0 Å². The zero-order chi connectivity index (χ0) is 27.0. The Bertz CT molecular complexity index is 599. The summed E-state index contributed by atoms with van der Waals surface area (Å²) in [6.45, 7) is 2.42. The average molecular weight is 523 g/mol. The smallest absolute Gasteiger partial charge is 0.237 e. The monoisotopic (exact) mass is 522 g/mol. The minimum Gasteiger partial charge on any atom is -0.359 e. The molecular weight excluding hydrogens is 464 g/mol. The van der Waals surface area contributed by atoms with Crippen molar-refractivity contribution in [2.75, 3.05) is 33.7 Å². The van der Waals surface area contributed by atoms with Gasteiger partial charge in [0.05, 0.1) is 6.04 Å². The van der Waals surface area contributed by atoms with Crippen LogP contribution in [0.1, 0.15) is 128 Å². The molecule has 1 aliphatic heterocycles. The number of rotatable bonds is 11. The van der Waals surface area contributed by atoms with Gasteiger partial charge in [-0.25, -0.2) is 0 Å². The zero-order valence-corrected chi connectivity index (χ0v) is 24.1. The highest BCUT2D eigenvalue weighted by molar-refractivity contribution is 5.87. The average Bonchev–Trinajstić information content (AvgIpc) is 2.90. The largest absolute Gasteiger partial charge is 0.359 e. The Balaban J connectivity index is 2.54. The normalized spacial score (nSPS) is 20.9. The first-order valence-electron chi connectivity index (χ1n) is 15.5. The van der Waals surface area contributed by atoms with Crippen LogP contribution in [0.15, 0.2) is 0 Å². The second kappa shape index (κ2) is 23.6. The number of nitrogens with one attached hydrogen (secondary N) is 4. The van der Waals surface area contributed by atoms with E-state index in [2.05, 4.69) is 21.3 Å². The third kappa shape index (κ3) is 18.4. The Hall–Kier alpha value is -1.47. The Kier molecular flexibility index (Phi) is 21.4. The van der Waals surface area contributed by atoms with Gasteiger partial charge in [-0.2, -0.15) is 0 Å². The first kappa shape index (κ1) is 33.6. The standard InChI is InChI=1S/C30H58N4O3/c1-31-22-18-15-19-26(29(36)32-2)25-27(35)20-21-28-30(37)34-24-17-14-12-10-8-6-4-3-5-7-9-11-13-16-23-33-28/h26,28,31,33H,3-25H2,1-2H3,(H,32,36)(H,34,37). The number of hydrogen-bond acceptors (Lipinski definition) is 5. The van der Waals surface area contributed by atoms with Gasteiger partial charge < -0.3 is 21.3 Å². The van der Waals surface area contributed by atoms with Gasteiger partial charge in [0, 0.05) is 32.4 Å². The van der Waals surface area contributed by atoms with E-state index < -0.39 is 0 Å². The molecule has 7 nitrogen and oxygen atoms in total. The van der Waals surface area contributed by atoms with Crippen LogP contribution in [-0.2, 0) is 14.4 Å². The van der Waals surface area contributed by atoms with Crippen molar-refractivity contribution in [2.45, 2.75) is 134 Å². The molecule has 0 aromatic heterocycles. The van der Waals surface area contributed by atoms with Crippen molar-refractivity contribution in [2.24, 2.45) is 5.92 Å². The molecule has 0 saturated carbocycles. The van der Waals surface area contributed by atoms with E-state index in [1.165, 1.54) is 70.6 Å². The molecule has 2 amide bonds. The van der Waals surface area contributed by atoms with Gasteiger partial charge in [0.2, 0.25) is 11.8 Å². The van der Waals surface area contributed by atoms with Gasteiger partial charge in [-0.05, 0) is 52.2 Å². The Morgan fingerprint density at radius 2 is 1.35 bits per heavy atom. The molecule has 0 aliphatic carbocycles. The highest BCUT2D eigenvalue weighted by Crippen LogP contribution is 2.16. The molecule has 0 bridgehead atoms. The van der Waals surface area contributed by atoms with E-state index in [4.69, 9.17) is 0 Å². The summed E-state index contributed by atoms with van der Waals surface area (Å²) in [4.78, 5) is 38.0. The number of ketones is 1. The molecule has 0 aromatic rings. The van der Waals surface area contributed by atoms with Gasteiger partial charge in [-0.15, -0.1) is 0 Å². The number of carbonyl (C=O) groups excluding carboxylic acids is 3. The number of amides is 2. The molecule has 0 spiro atoms. The van der Waals surface area contributed by atoms with E-state index in [-0.39, 0.29) is 36.0 Å². The minimum atomic E-state index is -0.344. The van der Waals surface area contributed by atoms with Crippen LogP contribution < -0.4 is 21.3 Å². The topological polar surface area (TPSA) is 99.3 Å². The van der Waals surface area contributed by atoms with Crippen LogP contribution in [0.2, 0.25) is 0 Å². The van der Waals surface area contributed by atoms with Crippen LogP contribution in [0.4, 0.5) is 0 Å². The van der Waals surface area contributed by atoms with E-state index >= 15 is 0 Å². The van der Waals surface area contributed by atoms with Crippen molar-refractivity contribution in [1.82, 2.24) is 21.3 Å². The van der Waals surface area contributed by atoms with Gasteiger partial charge in [0.1, 0.15) is 5.78 Å².